The predicted octanol–water partition coefficient (Wildman–Crippen LogP) is 4.54. The van der Waals surface area contributed by atoms with Crippen LogP contribution in [-0.4, -0.2) is 7.11 Å². The fraction of sp³-hybridized carbons (Fsp3) is 0.188. The zero-order valence-electron chi connectivity index (χ0n) is 11.4. The molecule has 0 N–H and O–H groups in total. The van der Waals surface area contributed by atoms with Crippen molar-refractivity contribution in [2.24, 2.45) is 0 Å². The Morgan fingerprint density at radius 3 is 2.52 bits per heavy atom. The lowest BCUT2D eigenvalue weighted by Gasteiger charge is -2.12. The molecule has 2 rings (SSSR count). The van der Waals surface area contributed by atoms with Crippen LogP contribution in [0.2, 0.25) is 5.02 Å². The summed E-state index contributed by atoms with van der Waals surface area (Å²) >= 11 is 11.9. The summed E-state index contributed by atoms with van der Waals surface area (Å²) in [5.74, 6) is 1.63. The van der Waals surface area contributed by atoms with Crippen molar-refractivity contribution in [1.82, 2.24) is 0 Å². The number of methoxy groups -OCH3 is 1. The lowest BCUT2D eigenvalue weighted by atomic mass is 10.1. The Bertz CT molecular complexity index is 680. The summed E-state index contributed by atoms with van der Waals surface area (Å²) in [7, 11) is 1.58. The maximum Gasteiger partial charge on any atom is 0.138 e. The molecule has 2 aromatic carbocycles. The van der Waals surface area contributed by atoms with Gasteiger partial charge in [-0.3, -0.25) is 0 Å². The van der Waals surface area contributed by atoms with Crippen molar-refractivity contribution in [3.63, 3.8) is 0 Å². The van der Waals surface area contributed by atoms with Gasteiger partial charge in [0, 0.05) is 11.4 Å². The van der Waals surface area contributed by atoms with Crippen molar-refractivity contribution >= 4 is 23.2 Å². The minimum absolute atomic E-state index is 0.263. The van der Waals surface area contributed by atoms with Gasteiger partial charge in [0.2, 0.25) is 0 Å². The minimum Gasteiger partial charge on any atom is -0.496 e. The Labute approximate surface area is 133 Å². The van der Waals surface area contributed by atoms with Crippen LogP contribution in [-0.2, 0) is 12.5 Å². The highest BCUT2D eigenvalue weighted by atomic mass is 35.5. The summed E-state index contributed by atoms with van der Waals surface area (Å²) in [4.78, 5) is 0. The van der Waals surface area contributed by atoms with Crippen molar-refractivity contribution in [2.45, 2.75) is 12.5 Å². The molecule has 0 aromatic heterocycles. The smallest absolute Gasteiger partial charge is 0.138 e. The second kappa shape index (κ2) is 7.21. The molecule has 3 nitrogen and oxygen atoms in total. The van der Waals surface area contributed by atoms with Gasteiger partial charge in [0.05, 0.1) is 23.8 Å². The third kappa shape index (κ3) is 3.81. The molecular weight excluding hydrogens is 309 g/mol. The Hall–Kier alpha value is -1.89. The first-order chi connectivity index (χ1) is 10.2. The lowest BCUT2D eigenvalue weighted by Crippen LogP contribution is -2.00. The van der Waals surface area contributed by atoms with Gasteiger partial charge in [-0.25, -0.2) is 0 Å². The maximum absolute atomic E-state index is 8.95. The normalized spacial score (nSPS) is 10.0. The summed E-state index contributed by atoms with van der Waals surface area (Å²) < 4.78 is 11.0. The molecule has 0 amide bonds. The van der Waals surface area contributed by atoms with E-state index in [2.05, 4.69) is 6.07 Å². The van der Waals surface area contributed by atoms with Gasteiger partial charge in [0.15, 0.2) is 0 Å². The second-order valence-corrected chi connectivity index (χ2v) is 5.00. The fourth-order valence-corrected chi connectivity index (χ4v) is 2.28. The van der Waals surface area contributed by atoms with Crippen molar-refractivity contribution in [2.75, 3.05) is 7.11 Å². The maximum atomic E-state index is 8.95. The van der Waals surface area contributed by atoms with Crippen LogP contribution in [0.4, 0.5) is 0 Å². The van der Waals surface area contributed by atoms with Gasteiger partial charge in [-0.1, -0.05) is 17.7 Å². The topological polar surface area (TPSA) is 42.2 Å². The van der Waals surface area contributed by atoms with E-state index in [1.807, 2.05) is 6.07 Å². The molecule has 21 heavy (non-hydrogen) atoms. The molecule has 0 aliphatic carbocycles. The van der Waals surface area contributed by atoms with Crippen molar-refractivity contribution < 1.29 is 9.47 Å². The first kappa shape index (κ1) is 15.5. The number of benzene rings is 2. The number of nitriles is 1. The van der Waals surface area contributed by atoms with Crippen LogP contribution in [0.25, 0.3) is 0 Å². The molecule has 0 saturated carbocycles. The summed E-state index contributed by atoms with van der Waals surface area (Å²) in [6.45, 7) is 0.263. The minimum atomic E-state index is 0.263. The van der Waals surface area contributed by atoms with Crippen LogP contribution < -0.4 is 9.47 Å². The molecule has 0 heterocycles. The molecule has 0 saturated heterocycles. The SMILES string of the molecule is COc1ccc(C#N)cc1COc1ccc(CCl)cc1Cl. The van der Waals surface area contributed by atoms with Crippen LogP contribution in [0.1, 0.15) is 16.7 Å². The Morgan fingerprint density at radius 2 is 1.90 bits per heavy atom. The van der Waals surface area contributed by atoms with Crippen molar-refractivity contribution in [1.29, 1.82) is 5.26 Å². The number of nitrogens with zero attached hydrogens (tertiary/aromatic N) is 1. The lowest BCUT2D eigenvalue weighted by molar-refractivity contribution is 0.297. The molecule has 0 aliphatic rings. The van der Waals surface area contributed by atoms with Gasteiger partial charge in [0.25, 0.3) is 0 Å². The largest absolute Gasteiger partial charge is 0.496 e. The molecule has 108 valence electrons. The molecule has 0 radical (unpaired) electrons. The van der Waals surface area contributed by atoms with E-state index >= 15 is 0 Å². The van der Waals surface area contributed by atoms with Gasteiger partial charge in [-0.05, 0) is 35.9 Å². The Morgan fingerprint density at radius 1 is 1.14 bits per heavy atom. The van der Waals surface area contributed by atoms with Gasteiger partial charge in [0.1, 0.15) is 18.1 Å². The average Bonchev–Trinajstić information content (AvgIpc) is 2.53. The van der Waals surface area contributed by atoms with E-state index in [9.17, 15) is 0 Å². The summed E-state index contributed by atoms with van der Waals surface area (Å²) in [5, 5.41) is 9.45. The highest BCUT2D eigenvalue weighted by Crippen LogP contribution is 2.28. The number of rotatable bonds is 5. The van der Waals surface area contributed by atoms with Gasteiger partial charge in [-0.15, -0.1) is 11.6 Å². The van der Waals surface area contributed by atoms with Crippen molar-refractivity contribution in [3.05, 3.63) is 58.1 Å². The molecular formula is C16H13Cl2NO2. The first-order valence-corrected chi connectivity index (χ1v) is 7.13. The van der Waals surface area contributed by atoms with Gasteiger partial charge >= 0.3 is 0 Å². The summed E-state index contributed by atoms with van der Waals surface area (Å²) in [5.41, 5.74) is 2.27. The zero-order valence-corrected chi connectivity index (χ0v) is 12.9. The fourth-order valence-electron chi connectivity index (χ4n) is 1.86. The highest BCUT2D eigenvalue weighted by Gasteiger charge is 2.08. The van der Waals surface area contributed by atoms with Crippen LogP contribution in [0.3, 0.4) is 0 Å². The van der Waals surface area contributed by atoms with E-state index in [0.717, 1.165) is 11.1 Å². The quantitative estimate of drug-likeness (QED) is 0.759. The number of alkyl halides is 1. The third-order valence-electron chi connectivity index (χ3n) is 2.94. The second-order valence-electron chi connectivity index (χ2n) is 4.33. The molecule has 5 heteroatoms. The number of hydrogen-bond acceptors (Lipinski definition) is 3. The van der Waals surface area contributed by atoms with Crippen LogP contribution >= 0.6 is 23.2 Å². The van der Waals surface area contributed by atoms with E-state index in [-0.39, 0.29) is 6.61 Å². The van der Waals surface area contributed by atoms with Crippen LogP contribution in [0, 0.1) is 11.3 Å². The molecule has 0 unspecified atom stereocenters. The summed E-state index contributed by atoms with van der Waals surface area (Å²) in [6, 6.07) is 12.7. The number of hydrogen-bond donors (Lipinski definition) is 0. The van der Waals surface area contributed by atoms with Gasteiger partial charge in [-0.2, -0.15) is 5.26 Å². The van der Waals surface area contributed by atoms with E-state index in [0.29, 0.717) is 28.0 Å². The molecule has 0 fully saturated rings. The van der Waals surface area contributed by atoms with E-state index in [1.54, 1.807) is 37.4 Å². The standard InChI is InChI=1S/C16H13Cl2NO2/c1-20-15-4-3-12(9-19)6-13(15)10-21-16-5-2-11(8-17)7-14(16)18/h2-7H,8,10H2,1H3. The molecule has 0 aliphatic heterocycles. The highest BCUT2D eigenvalue weighted by molar-refractivity contribution is 6.32. The van der Waals surface area contributed by atoms with E-state index in [1.165, 1.54) is 0 Å². The van der Waals surface area contributed by atoms with Crippen molar-refractivity contribution in [3.8, 4) is 17.6 Å². The molecule has 0 spiro atoms. The van der Waals surface area contributed by atoms with E-state index < -0.39 is 0 Å². The van der Waals surface area contributed by atoms with E-state index in [4.69, 9.17) is 37.9 Å². The zero-order chi connectivity index (χ0) is 15.2. The summed E-state index contributed by atoms with van der Waals surface area (Å²) in [6.07, 6.45) is 0. The molecule has 0 bridgehead atoms. The Balaban J connectivity index is 2.18. The van der Waals surface area contributed by atoms with Crippen LogP contribution in [0.5, 0.6) is 11.5 Å². The van der Waals surface area contributed by atoms with Gasteiger partial charge < -0.3 is 9.47 Å². The molecule has 0 atom stereocenters. The van der Waals surface area contributed by atoms with Crippen LogP contribution in [0.15, 0.2) is 36.4 Å². The average molecular weight is 322 g/mol. The number of ether oxygens (including phenoxy) is 2. The monoisotopic (exact) mass is 321 g/mol. The Kier molecular flexibility index (Phi) is 5.32. The number of halogens is 2. The predicted molar refractivity (Wildman–Crippen MR) is 83.1 cm³/mol. The first-order valence-electron chi connectivity index (χ1n) is 6.22. The molecule has 2 aromatic rings. The third-order valence-corrected chi connectivity index (χ3v) is 3.55.